The van der Waals surface area contributed by atoms with Crippen LogP contribution in [-0.4, -0.2) is 5.88 Å². The molecular weight excluding hydrogens is 212 g/mol. The van der Waals surface area contributed by atoms with Crippen molar-refractivity contribution in [3.8, 4) is 0 Å². The molecule has 1 aliphatic rings. The molecule has 0 aliphatic carbocycles. The minimum Gasteiger partial charge on any atom is -0.452 e. The van der Waals surface area contributed by atoms with Gasteiger partial charge in [0.15, 0.2) is 0 Å². The van der Waals surface area contributed by atoms with Gasteiger partial charge in [-0.1, -0.05) is 17.7 Å². The molecule has 80 valence electrons. The normalized spacial score (nSPS) is 17.3. The van der Waals surface area contributed by atoms with Crippen LogP contribution in [0.1, 0.15) is 16.7 Å². The van der Waals surface area contributed by atoms with Gasteiger partial charge >= 0.3 is 0 Å². The summed E-state index contributed by atoms with van der Waals surface area (Å²) in [7, 11) is 0. The van der Waals surface area contributed by atoms with E-state index in [2.05, 4.69) is 6.07 Å². The van der Waals surface area contributed by atoms with Gasteiger partial charge in [-0.15, -0.1) is 11.6 Å². The van der Waals surface area contributed by atoms with E-state index in [-0.39, 0.29) is 5.88 Å². The van der Waals surface area contributed by atoms with Gasteiger partial charge in [-0.2, -0.15) is 0 Å². The highest BCUT2D eigenvalue weighted by atomic mass is 35.5. The van der Waals surface area contributed by atoms with Crippen LogP contribution in [0.15, 0.2) is 30.7 Å². The zero-order valence-electron chi connectivity index (χ0n) is 8.79. The average Bonchev–Trinajstić information content (AvgIpc) is 2.71. The first-order chi connectivity index (χ1) is 7.18. The maximum atomic E-state index is 5.93. The molecule has 0 fully saturated rings. The molecule has 0 atom stereocenters. The number of benzene rings is 1. The van der Waals surface area contributed by atoms with Crippen molar-refractivity contribution in [3.05, 3.63) is 47.4 Å². The summed E-state index contributed by atoms with van der Waals surface area (Å²) < 4.78 is 11.0. The van der Waals surface area contributed by atoms with E-state index in [1.807, 2.05) is 26.0 Å². The molecule has 0 unspecified atom stereocenters. The van der Waals surface area contributed by atoms with Crippen LogP contribution in [0.5, 0.6) is 0 Å². The van der Waals surface area contributed by atoms with Crippen LogP contribution >= 0.6 is 11.6 Å². The molecule has 15 heavy (non-hydrogen) atoms. The van der Waals surface area contributed by atoms with Crippen molar-refractivity contribution in [3.63, 3.8) is 0 Å². The zero-order valence-corrected chi connectivity index (χ0v) is 9.54. The summed E-state index contributed by atoms with van der Waals surface area (Å²) in [5.74, 6) is -0.568. The van der Waals surface area contributed by atoms with E-state index in [0.717, 1.165) is 11.1 Å². The van der Waals surface area contributed by atoms with Gasteiger partial charge in [-0.25, -0.2) is 0 Å². The standard InChI is InChI=1S/C12H13ClO2/c1-9-3-4-10(2)11(7-9)12(8-13)14-5-6-15-12/h3-7H,8H2,1-2H3. The Morgan fingerprint density at radius 1 is 1.20 bits per heavy atom. The maximum Gasteiger partial charge on any atom is 0.290 e. The first kappa shape index (κ1) is 10.4. The molecule has 2 rings (SSSR count). The smallest absolute Gasteiger partial charge is 0.290 e. The molecule has 0 bridgehead atoms. The molecule has 0 saturated heterocycles. The molecule has 0 radical (unpaired) electrons. The quantitative estimate of drug-likeness (QED) is 0.719. The Kier molecular flexibility index (Phi) is 2.61. The number of ether oxygens (including phenoxy) is 2. The van der Waals surface area contributed by atoms with Crippen molar-refractivity contribution in [2.45, 2.75) is 19.6 Å². The number of aryl methyl sites for hydroxylation is 2. The van der Waals surface area contributed by atoms with Crippen LogP contribution < -0.4 is 0 Å². The molecule has 1 aromatic rings. The second-order valence-electron chi connectivity index (χ2n) is 3.71. The molecule has 1 heterocycles. The highest BCUT2D eigenvalue weighted by Gasteiger charge is 2.38. The second-order valence-corrected chi connectivity index (χ2v) is 3.98. The van der Waals surface area contributed by atoms with Gasteiger partial charge in [0.1, 0.15) is 18.4 Å². The van der Waals surface area contributed by atoms with E-state index in [9.17, 15) is 0 Å². The number of hydrogen-bond acceptors (Lipinski definition) is 2. The van der Waals surface area contributed by atoms with Crippen LogP contribution in [0, 0.1) is 13.8 Å². The lowest BCUT2D eigenvalue weighted by molar-refractivity contribution is -0.130. The first-order valence-electron chi connectivity index (χ1n) is 4.82. The summed E-state index contributed by atoms with van der Waals surface area (Å²) in [6.07, 6.45) is 3.06. The summed E-state index contributed by atoms with van der Waals surface area (Å²) in [6, 6.07) is 6.15. The van der Waals surface area contributed by atoms with E-state index in [1.54, 1.807) is 0 Å². The van der Waals surface area contributed by atoms with E-state index in [0.29, 0.717) is 0 Å². The van der Waals surface area contributed by atoms with Crippen LogP contribution in [0.3, 0.4) is 0 Å². The largest absolute Gasteiger partial charge is 0.452 e. The molecule has 0 aromatic heterocycles. The maximum absolute atomic E-state index is 5.93. The highest BCUT2D eigenvalue weighted by Crippen LogP contribution is 2.35. The van der Waals surface area contributed by atoms with Gasteiger partial charge in [0.25, 0.3) is 5.79 Å². The molecular formula is C12H13ClO2. The Labute approximate surface area is 94.5 Å². The molecule has 0 N–H and O–H groups in total. The summed E-state index contributed by atoms with van der Waals surface area (Å²) >= 11 is 5.93. The Bertz CT molecular complexity index is 391. The van der Waals surface area contributed by atoms with Gasteiger partial charge in [0.05, 0.1) is 0 Å². The summed E-state index contributed by atoms with van der Waals surface area (Å²) in [5, 5.41) is 0. The summed E-state index contributed by atoms with van der Waals surface area (Å²) in [6.45, 7) is 4.06. The van der Waals surface area contributed by atoms with Crippen LogP contribution in [0.25, 0.3) is 0 Å². The van der Waals surface area contributed by atoms with Gasteiger partial charge in [0, 0.05) is 5.56 Å². The van der Waals surface area contributed by atoms with Crippen LogP contribution in [0.2, 0.25) is 0 Å². The third-order valence-electron chi connectivity index (χ3n) is 2.55. The van der Waals surface area contributed by atoms with E-state index < -0.39 is 5.79 Å². The average molecular weight is 225 g/mol. The Morgan fingerprint density at radius 3 is 2.47 bits per heavy atom. The van der Waals surface area contributed by atoms with Crippen LogP contribution in [0.4, 0.5) is 0 Å². The Hall–Kier alpha value is -1.15. The first-order valence-corrected chi connectivity index (χ1v) is 5.36. The van der Waals surface area contributed by atoms with E-state index in [4.69, 9.17) is 21.1 Å². The number of hydrogen-bond donors (Lipinski definition) is 0. The molecule has 0 saturated carbocycles. The van der Waals surface area contributed by atoms with Crippen molar-refractivity contribution in [1.82, 2.24) is 0 Å². The van der Waals surface area contributed by atoms with Crippen molar-refractivity contribution >= 4 is 11.6 Å². The fourth-order valence-corrected chi connectivity index (χ4v) is 1.98. The van der Waals surface area contributed by atoms with Crippen molar-refractivity contribution in [2.24, 2.45) is 0 Å². The predicted octanol–water partition coefficient (Wildman–Crippen LogP) is 3.21. The fraction of sp³-hybridized carbons (Fsp3) is 0.333. The molecule has 1 aromatic carbocycles. The third kappa shape index (κ3) is 1.70. The molecule has 3 heteroatoms. The lowest BCUT2D eigenvalue weighted by Crippen LogP contribution is -2.30. The summed E-state index contributed by atoms with van der Waals surface area (Å²) in [5.41, 5.74) is 3.27. The number of alkyl halides is 1. The van der Waals surface area contributed by atoms with Gasteiger partial charge in [-0.05, 0) is 25.5 Å². The number of rotatable bonds is 2. The molecule has 0 amide bonds. The highest BCUT2D eigenvalue weighted by molar-refractivity contribution is 6.18. The lowest BCUT2D eigenvalue weighted by Gasteiger charge is -2.27. The summed E-state index contributed by atoms with van der Waals surface area (Å²) in [4.78, 5) is 0. The van der Waals surface area contributed by atoms with Crippen molar-refractivity contribution < 1.29 is 9.47 Å². The predicted molar refractivity (Wildman–Crippen MR) is 59.6 cm³/mol. The monoisotopic (exact) mass is 224 g/mol. The molecule has 1 aliphatic heterocycles. The van der Waals surface area contributed by atoms with E-state index in [1.165, 1.54) is 18.1 Å². The SMILES string of the molecule is Cc1ccc(C)c(C2(CCl)OC=CO2)c1. The van der Waals surface area contributed by atoms with Crippen molar-refractivity contribution in [2.75, 3.05) is 5.88 Å². The minimum atomic E-state index is -0.836. The van der Waals surface area contributed by atoms with Gasteiger partial charge in [0.2, 0.25) is 0 Å². The Morgan fingerprint density at radius 2 is 1.87 bits per heavy atom. The van der Waals surface area contributed by atoms with Crippen LogP contribution in [-0.2, 0) is 15.3 Å². The van der Waals surface area contributed by atoms with Gasteiger partial charge < -0.3 is 9.47 Å². The molecule has 2 nitrogen and oxygen atoms in total. The van der Waals surface area contributed by atoms with Gasteiger partial charge in [-0.3, -0.25) is 0 Å². The lowest BCUT2D eigenvalue weighted by atomic mass is 9.99. The van der Waals surface area contributed by atoms with Crippen molar-refractivity contribution in [1.29, 1.82) is 0 Å². The second kappa shape index (κ2) is 3.78. The Balaban J connectivity index is 2.47. The number of halogens is 1. The fourth-order valence-electron chi connectivity index (χ4n) is 1.71. The minimum absolute atomic E-state index is 0.268. The zero-order chi connectivity index (χ0) is 10.9. The topological polar surface area (TPSA) is 18.5 Å². The third-order valence-corrected chi connectivity index (χ3v) is 2.90. The van der Waals surface area contributed by atoms with E-state index >= 15 is 0 Å². The molecule has 0 spiro atoms.